The second kappa shape index (κ2) is 5.60. The predicted octanol–water partition coefficient (Wildman–Crippen LogP) is 5.71. The van der Waals surface area contributed by atoms with Gasteiger partial charge < -0.3 is 4.74 Å². The van der Waals surface area contributed by atoms with Crippen molar-refractivity contribution in [3.63, 3.8) is 0 Å². The Kier molecular flexibility index (Phi) is 3.49. The van der Waals surface area contributed by atoms with E-state index >= 15 is 0 Å². The van der Waals surface area contributed by atoms with Crippen molar-refractivity contribution in [2.45, 2.75) is 50.3 Å². The molecule has 3 aliphatic rings. The van der Waals surface area contributed by atoms with Gasteiger partial charge >= 0.3 is 0 Å². The molecule has 0 bridgehead atoms. The van der Waals surface area contributed by atoms with Gasteiger partial charge in [0.25, 0.3) is 0 Å². The fourth-order valence-electron chi connectivity index (χ4n) is 4.28. The van der Waals surface area contributed by atoms with E-state index in [2.05, 4.69) is 57.3 Å². The van der Waals surface area contributed by atoms with Gasteiger partial charge in [-0.2, -0.15) is 5.10 Å². The molecule has 0 N–H and O–H groups in total. The molecule has 3 heterocycles. The molecular weight excluding hydrogens is 384 g/mol. The summed E-state index contributed by atoms with van der Waals surface area (Å²) in [5, 5.41) is 7.39. The molecule has 1 aromatic carbocycles. The van der Waals surface area contributed by atoms with Gasteiger partial charge in [-0.15, -0.1) is 11.3 Å². The molecule has 1 fully saturated rings. The Morgan fingerprint density at radius 3 is 2.75 bits per heavy atom. The summed E-state index contributed by atoms with van der Waals surface area (Å²) in [6.45, 7) is 0. The Balaban J connectivity index is 1.60. The third-order valence-corrected chi connectivity index (χ3v) is 7.07. The van der Waals surface area contributed by atoms with Crippen molar-refractivity contribution < 1.29 is 4.74 Å². The smallest absolute Gasteiger partial charge is 0.198 e. The van der Waals surface area contributed by atoms with Gasteiger partial charge in [-0.05, 0) is 47.0 Å². The predicted molar refractivity (Wildman–Crippen MR) is 101 cm³/mol. The molecule has 1 saturated carbocycles. The minimum atomic E-state index is -0.243. The molecular formula is C19H19BrN2OS. The highest BCUT2D eigenvalue weighted by Gasteiger charge is 2.50. The van der Waals surface area contributed by atoms with E-state index in [9.17, 15) is 0 Å². The highest BCUT2D eigenvalue weighted by molar-refractivity contribution is 9.11. The van der Waals surface area contributed by atoms with Crippen molar-refractivity contribution in [3.8, 4) is 5.75 Å². The summed E-state index contributed by atoms with van der Waals surface area (Å²) in [5.74, 6) is 1.06. The minimum Gasteiger partial charge on any atom is -0.466 e. The number of halogens is 1. The van der Waals surface area contributed by atoms with Gasteiger partial charge in [-0.25, -0.2) is 5.01 Å². The highest BCUT2D eigenvalue weighted by atomic mass is 79.9. The number of rotatable bonds is 1. The first-order chi connectivity index (χ1) is 11.8. The molecule has 1 aromatic heterocycles. The molecule has 124 valence electrons. The molecule has 2 aliphatic heterocycles. The normalized spacial score (nSPS) is 24.3. The monoisotopic (exact) mass is 402 g/mol. The molecule has 0 amide bonds. The van der Waals surface area contributed by atoms with Crippen LogP contribution in [-0.2, 0) is 0 Å². The maximum Gasteiger partial charge on any atom is 0.198 e. The van der Waals surface area contributed by atoms with Crippen molar-refractivity contribution in [3.05, 3.63) is 50.6 Å². The van der Waals surface area contributed by atoms with Crippen LogP contribution in [0.15, 0.2) is 45.3 Å². The van der Waals surface area contributed by atoms with Crippen LogP contribution < -0.4 is 4.74 Å². The van der Waals surface area contributed by atoms with Gasteiger partial charge in [0, 0.05) is 24.8 Å². The van der Waals surface area contributed by atoms with Crippen molar-refractivity contribution in [1.82, 2.24) is 5.01 Å². The van der Waals surface area contributed by atoms with E-state index in [0.717, 1.165) is 28.8 Å². The van der Waals surface area contributed by atoms with Gasteiger partial charge in [-0.3, -0.25) is 0 Å². The molecule has 1 spiro atoms. The molecule has 5 heteroatoms. The van der Waals surface area contributed by atoms with E-state index in [-0.39, 0.29) is 5.72 Å². The van der Waals surface area contributed by atoms with Gasteiger partial charge in [0.1, 0.15) is 5.75 Å². The maximum atomic E-state index is 6.58. The van der Waals surface area contributed by atoms with Gasteiger partial charge in [0.15, 0.2) is 5.72 Å². The van der Waals surface area contributed by atoms with Crippen LogP contribution in [0.1, 0.15) is 55.0 Å². The number of thiophene rings is 1. The topological polar surface area (TPSA) is 24.8 Å². The number of benzene rings is 1. The second-order valence-electron chi connectivity index (χ2n) is 6.86. The lowest BCUT2D eigenvalue weighted by molar-refractivity contribution is -0.140. The standard InChI is InChI=1S/C19H19BrN2OS/c20-18-9-8-17(24-18)14-12-15-13-6-2-3-7-16(13)23-19(22(15)21-14)10-4-1-5-11-19/h2-3,6-9,15H,1,4-5,10-12H2/t15-/m1/s1. The number of ether oxygens (including phenoxy) is 1. The summed E-state index contributed by atoms with van der Waals surface area (Å²) in [6.07, 6.45) is 6.86. The van der Waals surface area contributed by atoms with Crippen molar-refractivity contribution in [1.29, 1.82) is 0 Å². The molecule has 5 rings (SSSR count). The van der Waals surface area contributed by atoms with Crippen molar-refractivity contribution in [2.24, 2.45) is 5.10 Å². The highest BCUT2D eigenvalue weighted by Crippen LogP contribution is 2.51. The van der Waals surface area contributed by atoms with Crippen LogP contribution in [-0.4, -0.2) is 16.4 Å². The van der Waals surface area contributed by atoms with Crippen LogP contribution in [0.5, 0.6) is 5.75 Å². The van der Waals surface area contributed by atoms with E-state index < -0.39 is 0 Å². The fraction of sp³-hybridized carbons (Fsp3) is 0.421. The van der Waals surface area contributed by atoms with Gasteiger partial charge in [0.05, 0.1) is 20.4 Å². The first-order valence-corrected chi connectivity index (χ1v) is 10.3. The largest absolute Gasteiger partial charge is 0.466 e. The minimum absolute atomic E-state index is 0.243. The third-order valence-electron chi connectivity index (χ3n) is 5.40. The quantitative estimate of drug-likeness (QED) is 0.609. The first-order valence-electron chi connectivity index (χ1n) is 8.66. The van der Waals surface area contributed by atoms with Crippen molar-refractivity contribution >= 4 is 33.0 Å². The maximum absolute atomic E-state index is 6.58. The molecule has 24 heavy (non-hydrogen) atoms. The Morgan fingerprint density at radius 2 is 1.96 bits per heavy atom. The van der Waals surface area contributed by atoms with Crippen LogP contribution in [0.4, 0.5) is 0 Å². The average molecular weight is 403 g/mol. The van der Waals surface area contributed by atoms with E-state index in [4.69, 9.17) is 9.84 Å². The third kappa shape index (κ3) is 2.25. The molecule has 1 atom stereocenters. The van der Waals surface area contributed by atoms with Crippen LogP contribution in [0.25, 0.3) is 0 Å². The molecule has 1 aliphatic carbocycles. The number of nitrogens with zero attached hydrogens (tertiary/aromatic N) is 2. The fourth-order valence-corrected chi connectivity index (χ4v) is 5.66. The first kappa shape index (κ1) is 15.0. The number of hydrogen-bond donors (Lipinski definition) is 0. The van der Waals surface area contributed by atoms with Gasteiger partial charge in [0.2, 0.25) is 0 Å². The molecule has 0 saturated heterocycles. The van der Waals surface area contributed by atoms with Crippen LogP contribution >= 0.6 is 27.3 Å². The Hall–Kier alpha value is -1.33. The second-order valence-corrected chi connectivity index (χ2v) is 9.32. The SMILES string of the molecule is Brc1ccc(C2=NN3[C@H](C2)c2ccccc2OC32CCCCC2)s1. The number of para-hydroxylation sites is 1. The van der Waals surface area contributed by atoms with E-state index in [1.54, 1.807) is 11.3 Å². The zero-order valence-electron chi connectivity index (χ0n) is 13.4. The van der Waals surface area contributed by atoms with Crippen LogP contribution in [0.3, 0.4) is 0 Å². The van der Waals surface area contributed by atoms with Crippen LogP contribution in [0, 0.1) is 0 Å². The van der Waals surface area contributed by atoms with Gasteiger partial charge in [-0.1, -0.05) is 24.6 Å². The molecule has 0 unspecified atom stereocenters. The van der Waals surface area contributed by atoms with E-state index in [1.807, 2.05) is 0 Å². The van der Waals surface area contributed by atoms with Crippen LogP contribution in [0.2, 0.25) is 0 Å². The summed E-state index contributed by atoms with van der Waals surface area (Å²) >= 11 is 5.34. The summed E-state index contributed by atoms with van der Waals surface area (Å²) in [4.78, 5) is 1.26. The van der Waals surface area contributed by atoms with E-state index in [0.29, 0.717) is 6.04 Å². The van der Waals surface area contributed by atoms with E-state index in [1.165, 1.54) is 35.4 Å². The molecule has 2 aromatic rings. The molecule has 0 radical (unpaired) electrons. The lowest BCUT2D eigenvalue weighted by Gasteiger charge is -2.49. The Morgan fingerprint density at radius 1 is 1.12 bits per heavy atom. The summed E-state index contributed by atoms with van der Waals surface area (Å²) < 4.78 is 7.74. The summed E-state index contributed by atoms with van der Waals surface area (Å²) in [5.41, 5.74) is 2.23. The molecule has 3 nitrogen and oxygen atoms in total. The Bertz CT molecular complexity index is 809. The number of fused-ring (bicyclic) bond motifs is 4. The summed E-state index contributed by atoms with van der Waals surface area (Å²) in [7, 11) is 0. The zero-order chi connectivity index (χ0) is 16.1. The Labute approximate surface area is 154 Å². The summed E-state index contributed by atoms with van der Waals surface area (Å²) in [6, 6.07) is 13.1. The number of hydrazone groups is 1. The van der Waals surface area contributed by atoms with Crippen molar-refractivity contribution in [2.75, 3.05) is 0 Å². The average Bonchev–Trinajstić information content (AvgIpc) is 3.23. The lowest BCUT2D eigenvalue weighted by atomic mass is 9.87. The lowest BCUT2D eigenvalue weighted by Crippen LogP contribution is -2.54. The zero-order valence-corrected chi connectivity index (χ0v) is 15.8. The number of hydrogen-bond acceptors (Lipinski definition) is 4.